The molecule has 0 bridgehead atoms. The molecule has 3 rings (SSSR count). The highest BCUT2D eigenvalue weighted by Gasteiger charge is 2.37. The molecule has 2 aliphatic rings. The minimum Gasteiger partial charge on any atom is -0.461 e. The predicted octanol–water partition coefficient (Wildman–Crippen LogP) is 2.85. The summed E-state index contributed by atoms with van der Waals surface area (Å²) in [6.45, 7) is 0.627. The molecule has 2 heterocycles. The lowest BCUT2D eigenvalue weighted by Crippen LogP contribution is -2.43. The standard InChI is InChI=1S/C17H23NO4S/c1-21-12-5-2-6-13(11-12)22-17(20)14-7-3-9-18(14)16(19)15-8-4-10-23-15/h4,8,10,12-14H,2-3,5-7,9,11H2,1H3/t12-,13+,14-/m1/s1. The van der Waals surface area contributed by atoms with Crippen molar-refractivity contribution in [3.05, 3.63) is 22.4 Å². The first-order valence-corrected chi connectivity index (χ1v) is 9.14. The lowest BCUT2D eigenvalue weighted by Gasteiger charge is -2.30. The summed E-state index contributed by atoms with van der Waals surface area (Å²) in [6.07, 6.45) is 5.31. The number of hydrogen-bond donors (Lipinski definition) is 0. The molecule has 126 valence electrons. The molecule has 1 saturated carbocycles. The highest BCUT2D eigenvalue weighted by Crippen LogP contribution is 2.27. The quantitative estimate of drug-likeness (QED) is 0.793. The molecule has 5 nitrogen and oxygen atoms in total. The van der Waals surface area contributed by atoms with Crippen LogP contribution < -0.4 is 0 Å². The third-order valence-corrected chi connectivity index (χ3v) is 5.57. The van der Waals surface area contributed by atoms with E-state index in [0.29, 0.717) is 17.8 Å². The maximum absolute atomic E-state index is 12.5. The van der Waals surface area contributed by atoms with Crippen molar-refractivity contribution in [1.82, 2.24) is 4.90 Å². The molecule has 23 heavy (non-hydrogen) atoms. The lowest BCUT2D eigenvalue weighted by molar-refractivity contribution is -0.157. The van der Waals surface area contributed by atoms with Gasteiger partial charge in [-0.1, -0.05) is 6.07 Å². The fraction of sp³-hybridized carbons (Fsp3) is 0.647. The van der Waals surface area contributed by atoms with E-state index in [1.54, 1.807) is 18.1 Å². The zero-order valence-electron chi connectivity index (χ0n) is 13.4. The molecule has 0 spiro atoms. The summed E-state index contributed by atoms with van der Waals surface area (Å²) in [5.41, 5.74) is 0. The molecule has 1 saturated heterocycles. The van der Waals surface area contributed by atoms with Crippen LogP contribution in [0.1, 0.15) is 48.2 Å². The number of likely N-dealkylation sites (tertiary alicyclic amines) is 1. The minimum absolute atomic E-state index is 0.0575. The average Bonchev–Trinajstić information content (AvgIpc) is 3.25. The van der Waals surface area contributed by atoms with E-state index < -0.39 is 6.04 Å². The van der Waals surface area contributed by atoms with Gasteiger partial charge in [0.2, 0.25) is 0 Å². The Morgan fingerprint density at radius 3 is 2.78 bits per heavy atom. The fourth-order valence-electron chi connectivity index (χ4n) is 3.46. The highest BCUT2D eigenvalue weighted by molar-refractivity contribution is 7.12. The van der Waals surface area contributed by atoms with Gasteiger partial charge in [-0.2, -0.15) is 0 Å². The minimum atomic E-state index is -0.437. The molecular formula is C17H23NO4S. The number of nitrogens with zero attached hydrogens (tertiary/aromatic N) is 1. The number of carbonyl (C=O) groups excluding carboxylic acids is 2. The topological polar surface area (TPSA) is 55.8 Å². The first-order chi connectivity index (χ1) is 11.2. The molecule has 1 aliphatic heterocycles. The molecule has 0 unspecified atom stereocenters. The Morgan fingerprint density at radius 2 is 2.04 bits per heavy atom. The number of rotatable bonds is 4. The Morgan fingerprint density at radius 1 is 1.22 bits per heavy atom. The summed E-state index contributed by atoms with van der Waals surface area (Å²) in [7, 11) is 1.70. The molecule has 1 aromatic rings. The summed E-state index contributed by atoms with van der Waals surface area (Å²) in [5, 5.41) is 1.88. The summed E-state index contributed by atoms with van der Waals surface area (Å²) < 4.78 is 11.1. The average molecular weight is 337 g/mol. The predicted molar refractivity (Wildman–Crippen MR) is 87.5 cm³/mol. The number of thiophene rings is 1. The number of amides is 1. The van der Waals surface area contributed by atoms with Crippen LogP contribution in [0.25, 0.3) is 0 Å². The van der Waals surface area contributed by atoms with E-state index >= 15 is 0 Å². The van der Waals surface area contributed by atoms with E-state index in [-0.39, 0.29) is 24.1 Å². The normalized spacial score (nSPS) is 27.9. The van der Waals surface area contributed by atoms with Crippen LogP contribution in [-0.4, -0.2) is 48.7 Å². The first kappa shape index (κ1) is 16.5. The van der Waals surface area contributed by atoms with Crippen LogP contribution in [0, 0.1) is 0 Å². The van der Waals surface area contributed by atoms with E-state index in [1.807, 2.05) is 11.4 Å². The van der Waals surface area contributed by atoms with Crippen molar-refractivity contribution in [2.75, 3.05) is 13.7 Å². The second-order valence-corrected chi connectivity index (χ2v) is 7.16. The van der Waals surface area contributed by atoms with Crippen molar-refractivity contribution in [3.8, 4) is 0 Å². The van der Waals surface area contributed by atoms with Crippen LogP contribution in [0.5, 0.6) is 0 Å². The summed E-state index contributed by atoms with van der Waals surface area (Å²) in [4.78, 5) is 27.4. The Hall–Kier alpha value is -1.40. The molecule has 1 aliphatic carbocycles. The van der Waals surface area contributed by atoms with Crippen LogP contribution in [0.4, 0.5) is 0 Å². The number of hydrogen-bond acceptors (Lipinski definition) is 5. The largest absolute Gasteiger partial charge is 0.461 e. The summed E-state index contributed by atoms with van der Waals surface area (Å²) in [5.74, 6) is -0.313. The third-order valence-electron chi connectivity index (χ3n) is 4.71. The van der Waals surface area contributed by atoms with E-state index in [9.17, 15) is 9.59 Å². The van der Waals surface area contributed by atoms with Crippen molar-refractivity contribution >= 4 is 23.2 Å². The Labute approximate surface area is 140 Å². The van der Waals surface area contributed by atoms with Gasteiger partial charge in [0.15, 0.2) is 0 Å². The highest BCUT2D eigenvalue weighted by atomic mass is 32.1. The van der Waals surface area contributed by atoms with Crippen LogP contribution in [0.2, 0.25) is 0 Å². The number of ether oxygens (including phenoxy) is 2. The maximum atomic E-state index is 12.5. The van der Waals surface area contributed by atoms with Crippen LogP contribution in [0.3, 0.4) is 0 Å². The zero-order valence-corrected chi connectivity index (χ0v) is 14.2. The summed E-state index contributed by atoms with van der Waals surface area (Å²) in [6, 6.07) is 3.22. The van der Waals surface area contributed by atoms with Crippen molar-refractivity contribution in [3.63, 3.8) is 0 Å². The molecule has 1 aromatic heterocycles. The molecule has 2 fully saturated rings. The van der Waals surface area contributed by atoms with Gasteiger partial charge in [-0.05, 0) is 43.6 Å². The monoisotopic (exact) mass is 337 g/mol. The van der Waals surface area contributed by atoms with Crippen molar-refractivity contribution in [1.29, 1.82) is 0 Å². The van der Waals surface area contributed by atoms with Gasteiger partial charge in [-0.25, -0.2) is 4.79 Å². The van der Waals surface area contributed by atoms with E-state index in [4.69, 9.17) is 9.47 Å². The molecule has 3 atom stereocenters. The summed E-state index contributed by atoms with van der Waals surface area (Å²) >= 11 is 1.41. The van der Waals surface area contributed by atoms with Gasteiger partial charge in [-0.15, -0.1) is 11.3 Å². The van der Waals surface area contributed by atoms with Gasteiger partial charge in [0.25, 0.3) is 5.91 Å². The Kier molecular flexibility index (Phi) is 5.33. The van der Waals surface area contributed by atoms with Gasteiger partial charge >= 0.3 is 5.97 Å². The maximum Gasteiger partial charge on any atom is 0.329 e. The molecule has 1 amide bonds. The van der Waals surface area contributed by atoms with Gasteiger partial charge in [0, 0.05) is 20.1 Å². The second-order valence-electron chi connectivity index (χ2n) is 6.22. The van der Waals surface area contributed by atoms with Crippen LogP contribution in [-0.2, 0) is 14.3 Å². The Balaban J connectivity index is 1.61. The van der Waals surface area contributed by atoms with E-state index in [1.165, 1.54) is 11.3 Å². The van der Waals surface area contributed by atoms with E-state index in [2.05, 4.69) is 0 Å². The fourth-order valence-corrected chi connectivity index (χ4v) is 4.14. The van der Waals surface area contributed by atoms with Gasteiger partial charge < -0.3 is 14.4 Å². The molecule has 0 radical (unpaired) electrons. The SMILES string of the molecule is CO[C@@H]1CCC[C@H](OC(=O)[C@H]2CCCN2C(=O)c2cccs2)C1. The van der Waals surface area contributed by atoms with E-state index in [0.717, 1.165) is 32.1 Å². The number of carbonyl (C=O) groups is 2. The first-order valence-electron chi connectivity index (χ1n) is 8.27. The van der Waals surface area contributed by atoms with Crippen LogP contribution >= 0.6 is 11.3 Å². The zero-order chi connectivity index (χ0) is 16.2. The third kappa shape index (κ3) is 3.75. The van der Waals surface area contributed by atoms with Gasteiger partial charge in [-0.3, -0.25) is 4.79 Å². The molecular weight excluding hydrogens is 314 g/mol. The smallest absolute Gasteiger partial charge is 0.329 e. The number of esters is 1. The lowest BCUT2D eigenvalue weighted by atomic mass is 9.95. The Bertz CT molecular complexity index is 545. The van der Waals surface area contributed by atoms with Crippen molar-refractivity contribution in [2.45, 2.75) is 56.8 Å². The molecule has 6 heteroatoms. The molecule has 0 aromatic carbocycles. The van der Waals surface area contributed by atoms with Crippen molar-refractivity contribution in [2.24, 2.45) is 0 Å². The van der Waals surface area contributed by atoms with Gasteiger partial charge in [0.05, 0.1) is 11.0 Å². The number of methoxy groups -OCH3 is 1. The van der Waals surface area contributed by atoms with Crippen LogP contribution in [0.15, 0.2) is 17.5 Å². The van der Waals surface area contributed by atoms with Gasteiger partial charge in [0.1, 0.15) is 12.1 Å². The molecule has 0 N–H and O–H groups in total. The van der Waals surface area contributed by atoms with Crippen molar-refractivity contribution < 1.29 is 19.1 Å². The second kappa shape index (κ2) is 7.45.